The molecule has 4 nitrogen and oxygen atoms in total. The Morgan fingerprint density at radius 1 is 1.57 bits per heavy atom. The number of methoxy groups -OCH3 is 1. The standard InChI is InChI=1S/C9H8BrNO3/c1-14-5-3-2-4(10)7-6(5)8(12)9(13)11-7/h2-3,8,12H,1H3,(H,11,13). The molecule has 74 valence electrons. The van der Waals surface area contributed by atoms with Crippen molar-refractivity contribution in [2.45, 2.75) is 6.10 Å². The highest BCUT2D eigenvalue weighted by Gasteiger charge is 2.33. The van der Waals surface area contributed by atoms with E-state index in [0.29, 0.717) is 17.0 Å². The summed E-state index contributed by atoms with van der Waals surface area (Å²) in [7, 11) is 1.50. The predicted molar refractivity (Wildman–Crippen MR) is 54.3 cm³/mol. The summed E-state index contributed by atoms with van der Waals surface area (Å²) in [5.74, 6) is 0.0826. The number of amides is 1. The number of benzene rings is 1. The molecule has 2 N–H and O–H groups in total. The van der Waals surface area contributed by atoms with Gasteiger partial charge in [-0.25, -0.2) is 0 Å². The Kier molecular flexibility index (Phi) is 2.20. The van der Waals surface area contributed by atoms with Crippen LogP contribution in [0.25, 0.3) is 0 Å². The van der Waals surface area contributed by atoms with E-state index in [4.69, 9.17) is 4.74 Å². The lowest BCUT2D eigenvalue weighted by molar-refractivity contribution is -0.123. The maximum absolute atomic E-state index is 11.2. The third-order valence-electron chi connectivity index (χ3n) is 2.14. The van der Waals surface area contributed by atoms with Crippen LogP contribution in [0.4, 0.5) is 5.69 Å². The molecule has 0 aromatic heterocycles. The van der Waals surface area contributed by atoms with Gasteiger partial charge in [0.05, 0.1) is 18.4 Å². The lowest BCUT2D eigenvalue weighted by Crippen LogP contribution is -2.11. The molecule has 0 bridgehead atoms. The normalized spacial score (nSPS) is 19.1. The zero-order valence-electron chi connectivity index (χ0n) is 7.37. The fourth-order valence-electron chi connectivity index (χ4n) is 1.47. The molecule has 0 saturated heterocycles. The fraction of sp³-hybridized carbons (Fsp3) is 0.222. The van der Waals surface area contributed by atoms with Crippen LogP contribution in [0.2, 0.25) is 0 Å². The Morgan fingerprint density at radius 2 is 2.29 bits per heavy atom. The number of nitrogens with one attached hydrogen (secondary N) is 1. The molecule has 1 atom stereocenters. The predicted octanol–water partition coefficient (Wildman–Crippen LogP) is 1.44. The Morgan fingerprint density at radius 3 is 2.93 bits per heavy atom. The molecule has 0 radical (unpaired) electrons. The summed E-state index contributed by atoms with van der Waals surface area (Å²) in [6.45, 7) is 0. The van der Waals surface area contributed by atoms with Gasteiger partial charge in [-0.2, -0.15) is 0 Å². The molecular formula is C9H8BrNO3. The Bertz CT molecular complexity index is 405. The highest BCUT2D eigenvalue weighted by Crippen LogP contribution is 2.42. The number of aliphatic hydroxyl groups is 1. The van der Waals surface area contributed by atoms with Gasteiger partial charge in [-0.1, -0.05) is 0 Å². The van der Waals surface area contributed by atoms with Crippen LogP contribution in [-0.2, 0) is 4.79 Å². The van der Waals surface area contributed by atoms with Crippen molar-refractivity contribution < 1.29 is 14.6 Å². The van der Waals surface area contributed by atoms with Crippen LogP contribution in [0, 0.1) is 0 Å². The molecule has 2 rings (SSSR count). The minimum absolute atomic E-state index is 0.426. The van der Waals surface area contributed by atoms with Crippen molar-refractivity contribution in [2.24, 2.45) is 0 Å². The van der Waals surface area contributed by atoms with Crippen LogP contribution < -0.4 is 10.1 Å². The molecule has 0 saturated carbocycles. The van der Waals surface area contributed by atoms with Crippen molar-refractivity contribution in [3.05, 3.63) is 22.2 Å². The molecule has 0 spiro atoms. The number of halogens is 1. The van der Waals surface area contributed by atoms with Crippen LogP contribution in [0.1, 0.15) is 11.7 Å². The number of aliphatic hydroxyl groups excluding tert-OH is 1. The van der Waals surface area contributed by atoms with Gasteiger partial charge in [-0.15, -0.1) is 0 Å². The van der Waals surface area contributed by atoms with Gasteiger partial charge in [0.15, 0.2) is 6.10 Å². The largest absolute Gasteiger partial charge is 0.496 e. The van der Waals surface area contributed by atoms with Crippen LogP contribution in [-0.4, -0.2) is 18.1 Å². The summed E-state index contributed by atoms with van der Waals surface area (Å²) < 4.78 is 5.79. The van der Waals surface area contributed by atoms with E-state index in [1.165, 1.54) is 7.11 Å². The molecule has 1 heterocycles. The number of carbonyl (C=O) groups is 1. The molecule has 1 aromatic rings. The molecule has 0 aliphatic carbocycles. The van der Waals surface area contributed by atoms with Gasteiger partial charge in [0.1, 0.15) is 5.75 Å². The average Bonchev–Trinajstić information content (AvgIpc) is 2.47. The van der Waals surface area contributed by atoms with E-state index in [2.05, 4.69) is 21.2 Å². The van der Waals surface area contributed by atoms with Gasteiger partial charge in [-0.3, -0.25) is 4.79 Å². The van der Waals surface area contributed by atoms with Crippen LogP contribution in [0.3, 0.4) is 0 Å². The van der Waals surface area contributed by atoms with Gasteiger partial charge in [0.2, 0.25) is 0 Å². The molecule has 14 heavy (non-hydrogen) atoms. The van der Waals surface area contributed by atoms with Crippen molar-refractivity contribution in [3.63, 3.8) is 0 Å². The fourth-order valence-corrected chi connectivity index (χ4v) is 1.92. The first-order chi connectivity index (χ1) is 6.65. The summed E-state index contributed by atoms with van der Waals surface area (Å²) in [5, 5.41) is 12.1. The first kappa shape index (κ1) is 9.48. The van der Waals surface area contributed by atoms with E-state index in [0.717, 1.165) is 4.47 Å². The molecule has 0 fully saturated rings. The van der Waals surface area contributed by atoms with E-state index >= 15 is 0 Å². The zero-order valence-corrected chi connectivity index (χ0v) is 8.96. The average molecular weight is 258 g/mol. The number of anilines is 1. The monoisotopic (exact) mass is 257 g/mol. The second-order valence-electron chi connectivity index (χ2n) is 2.93. The third kappa shape index (κ3) is 1.20. The van der Waals surface area contributed by atoms with E-state index in [1.807, 2.05) is 0 Å². The van der Waals surface area contributed by atoms with Crippen molar-refractivity contribution >= 4 is 27.5 Å². The second-order valence-corrected chi connectivity index (χ2v) is 3.78. The highest BCUT2D eigenvalue weighted by molar-refractivity contribution is 9.10. The molecular weight excluding hydrogens is 250 g/mol. The van der Waals surface area contributed by atoms with Gasteiger partial charge < -0.3 is 15.2 Å². The van der Waals surface area contributed by atoms with Crippen LogP contribution >= 0.6 is 15.9 Å². The van der Waals surface area contributed by atoms with Crippen molar-refractivity contribution in [2.75, 3.05) is 12.4 Å². The number of fused-ring (bicyclic) bond motifs is 1. The summed E-state index contributed by atoms with van der Waals surface area (Å²) in [4.78, 5) is 11.2. The molecule has 5 heteroatoms. The number of ether oxygens (including phenoxy) is 1. The van der Waals surface area contributed by atoms with E-state index < -0.39 is 12.0 Å². The lowest BCUT2D eigenvalue weighted by atomic mass is 10.1. The summed E-state index contributed by atoms with van der Waals surface area (Å²) in [6, 6.07) is 3.46. The summed E-state index contributed by atoms with van der Waals surface area (Å²) >= 11 is 3.28. The van der Waals surface area contributed by atoms with Crippen molar-refractivity contribution in [3.8, 4) is 5.75 Å². The summed E-state index contributed by atoms with van der Waals surface area (Å²) in [5.41, 5.74) is 1.08. The molecule has 1 amide bonds. The van der Waals surface area contributed by atoms with Gasteiger partial charge in [-0.05, 0) is 28.1 Å². The van der Waals surface area contributed by atoms with E-state index in [9.17, 15) is 9.90 Å². The van der Waals surface area contributed by atoms with Crippen molar-refractivity contribution in [1.82, 2.24) is 0 Å². The van der Waals surface area contributed by atoms with E-state index in [-0.39, 0.29) is 0 Å². The zero-order chi connectivity index (χ0) is 10.3. The summed E-state index contributed by atoms with van der Waals surface area (Å²) in [6.07, 6.45) is -1.14. The quantitative estimate of drug-likeness (QED) is 0.801. The number of rotatable bonds is 1. The van der Waals surface area contributed by atoms with Gasteiger partial charge in [0.25, 0.3) is 5.91 Å². The molecule has 1 unspecified atom stereocenters. The molecule has 1 aliphatic heterocycles. The van der Waals surface area contributed by atoms with Gasteiger partial charge >= 0.3 is 0 Å². The van der Waals surface area contributed by atoms with Crippen LogP contribution in [0.5, 0.6) is 5.75 Å². The third-order valence-corrected chi connectivity index (χ3v) is 2.81. The SMILES string of the molecule is COc1ccc(Br)c2c1C(O)C(=O)N2. The minimum Gasteiger partial charge on any atom is -0.496 e. The lowest BCUT2D eigenvalue weighted by Gasteiger charge is -2.08. The van der Waals surface area contributed by atoms with Gasteiger partial charge in [0, 0.05) is 4.47 Å². The molecule has 1 aromatic carbocycles. The maximum Gasteiger partial charge on any atom is 0.258 e. The Labute approximate surface area is 89.0 Å². The second kappa shape index (κ2) is 3.25. The minimum atomic E-state index is -1.14. The topological polar surface area (TPSA) is 58.6 Å². The van der Waals surface area contributed by atoms with Crippen LogP contribution in [0.15, 0.2) is 16.6 Å². The maximum atomic E-state index is 11.2. The smallest absolute Gasteiger partial charge is 0.258 e. The highest BCUT2D eigenvalue weighted by atomic mass is 79.9. The number of hydrogen-bond acceptors (Lipinski definition) is 3. The molecule has 1 aliphatic rings. The number of carbonyl (C=O) groups excluding carboxylic acids is 1. The first-order valence-corrected chi connectivity index (χ1v) is 4.79. The Balaban J connectivity index is 2.64. The Hall–Kier alpha value is -1.07. The number of hydrogen-bond donors (Lipinski definition) is 2. The first-order valence-electron chi connectivity index (χ1n) is 4.00. The van der Waals surface area contributed by atoms with Crippen molar-refractivity contribution in [1.29, 1.82) is 0 Å². The van der Waals surface area contributed by atoms with E-state index in [1.54, 1.807) is 12.1 Å².